The monoisotopic (exact) mass is 248 g/mol. The molecule has 0 atom stereocenters. The van der Waals surface area contributed by atoms with E-state index in [2.05, 4.69) is 0 Å². The summed E-state index contributed by atoms with van der Waals surface area (Å²) < 4.78 is 0. The van der Waals surface area contributed by atoms with Gasteiger partial charge in [0.05, 0.1) is 0 Å². The number of rotatable bonds is 0. The molecule has 0 N–H and O–H groups in total. The van der Waals surface area contributed by atoms with Gasteiger partial charge in [0.1, 0.15) is 0 Å². The minimum atomic E-state index is 0. The maximum Gasteiger partial charge on any atom is 3.00 e. The summed E-state index contributed by atoms with van der Waals surface area (Å²) in [7, 11) is 0. The first-order valence-corrected chi connectivity index (χ1v) is 0. The minimum Gasteiger partial charge on any atom is -2.00 e. The summed E-state index contributed by atoms with van der Waals surface area (Å²) in [5, 5.41) is 0. The quantitative estimate of drug-likeness (QED) is 0.526. The van der Waals surface area contributed by atoms with Crippen LogP contribution in [-0.4, -0.2) is 0 Å². The van der Waals surface area contributed by atoms with Gasteiger partial charge in [-0.1, -0.05) is 0 Å². The summed E-state index contributed by atoms with van der Waals surface area (Å²) in [6.07, 6.45) is 0. The van der Waals surface area contributed by atoms with Crippen molar-refractivity contribution in [2.45, 2.75) is 0 Å². The summed E-state index contributed by atoms with van der Waals surface area (Å²) in [6, 6.07) is 0. The van der Waals surface area contributed by atoms with E-state index in [1.165, 1.54) is 0 Å². The molecule has 0 rings (SSSR count). The summed E-state index contributed by atoms with van der Waals surface area (Å²) in [6.45, 7) is 0. The van der Waals surface area contributed by atoms with Crippen LogP contribution in [0.1, 0.15) is 0 Å². The van der Waals surface area contributed by atoms with Crippen LogP contribution in [0, 0.1) is 40.8 Å². The first-order chi connectivity index (χ1) is 0. The Hall–Kier alpha value is 1.72. The van der Waals surface area contributed by atoms with Crippen molar-refractivity contribution >= 4 is 0 Å². The van der Waals surface area contributed by atoms with E-state index in [1.807, 2.05) is 0 Å². The predicted octanol–water partition coefficient (Wildman–Crippen LogP) is -0.359. The van der Waals surface area contributed by atoms with Crippen molar-refractivity contribution in [1.82, 2.24) is 0 Å². The van der Waals surface area contributed by atoms with Crippen LogP contribution < -0.4 is 0 Å². The van der Waals surface area contributed by atoms with Gasteiger partial charge in [-0.15, -0.1) is 0 Å². The molecule has 3 nitrogen and oxygen atoms in total. The molecule has 0 fully saturated rings. The molecule has 0 aromatic heterocycles. The fraction of sp³-hybridized carbons (Fsp3) is 0. The van der Waals surface area contributed by atoms with Gasteiger partial charge in [0.15, 0.2) is 0 Å². The van der Waals surface area contributed by atoms with E-state index in [-0.39, 0.29) is 73.8 Å². The standard InChI is InChI=1S/Nd.Ni.3O/q2*+3;3*-2. The van der Waals surface area contributed by atoms with Crippen LogP contribution in [0.15, 0.2) is 0 Å². The van der Waals surface area contributed by atoms with Crippen LogP contribution in [0.25, 0.3) is 0 Å². The third-order valence-electron chi connectivity index (χ3n) is 0. The Kier molecular flexibility index (Phi) is 637. The van der Waals surface area contributed by atoms with Crippen LogP contribution in [0.2, 0.25) is 0 Å². The van der Waals surface area contributed by atoms with E-state index < -0.39 is 0 Å². The molecule has 0 aliphatic carbocycles. The van der Waals surface area contributed by atoms with Crippen LogP contribution >= 0.6 is 0 Å². The smallest absolute Gasteiger partial charge is 2.00 e. The van der Waals surface area contributed by atoms with Crippen molar-refractivity contribution in [1.29, 1.82) is 0 Å². The summed E-state index contributed by atoms with van der Waals surface area (Å²) in [5.74, 6) is 0. The van der Waals surface area contributed by atoms with Gasteiger partial charge in [-0.2, -0.15) is 0 Å². The predicted molar refractivity (Wildman–Crippen MR) is 2.06 cm³/mol. The second-order valence-electron chi connectivity index (χ2n) is 0. The number of hydrogen-bond acceptors (Lipinski definition) is 0. The fourth-order valence-corrected chi connectivity index (χ4v) is 0. The molecule has 0 aromatic rings. The third kappa shape index (κ3) is 26.7. The van der Waals surface area contributed by atoms with Crippen molar-refractivity contribution in [3.8, 4) is 0 Å². The van der Waals surface area contributed by atoms with Gasteiger partial charge in [-0.25, -0.2) is 0 Å². The zero-order valence-electron chi connectivity index (χ0n) is 2.04. The van der Waals surface area contributed by atoms with Crippen LogP contribution in [0.5, 0.6) is 0 Å². The fourth-order valence-electron chi connectivity index (χ4n) is 0. The molecule has 0 heterocycles. The van der Waals surface area contributed by atoms with Crippen molar-refractivity contribution in [2.75, 3.05) is 0 Å². The second kappa shape index (κ2) is 43.0. The van der Waals surface area contributed by atoms with Crippen molar-refractivity contribution in [3.63, 3.8) is 0 Å². The Morgan fingerprint density at radius 3 is 0.600 bits per heavy atom. The van der Waals surface area contributed by atoms with Gasteiger partial charge in [-0.3, -0.25) is 0 Å². The molecule has 0 amide bonds. The van der Waals surface area contributed by atoms with Gasteiger partial charge in [-0.05, 0) is 0 Å². The largest absolute Gasteiger partial charge is 3.00 e. The summed E-state index contributed by atoms with van der Waals surface area (Å²) in [5.41, 5.74) is 0. The molecule has 5 heavy (non-hydrogen) atoms. The minimum absolute atomic E-state index is 0. The van der Waals surface area contributed by atoms with E-state index in [9.17, 15) is 0 Å². The molecule has 0 aliphatic rings. The molecule has 0 saturated carbocycles. The van der Waals surface area contributed by atoms with Gasteiger partial charge < -0.3 is 16.4 Å². The Labute approximate surface area is 72.9 Å². The molecule has 0 bridgehead atoms. The van der Waals surface area contributed by atoms with Gasteiger partial charge in [0.25, 0.3) is 0 Å². The van der Waals surface area contributed by atoms with E-state index in [0.717, 1.165) is 0 Å². The van der Waals surface area contributed by atoms with Crippen molar-refractivity contribution in [2.24, 2.45) is 0 Å². The zero-order valence-corrected chi connectivity index (χ0v) is 6.24. The topological polar surface area (TPSA) is 85.5 Å². The first kappa shape index (κ1) is 74.1. The molecule has 2 radical (unpaired) electrons. The van der Waals surface area contributed by atoms with E-state index >= 15 is 0 Å². The molecule has 0 aromatic carbocycles. The molecule has 0 unspecified atom stereocenters. The third-order valence-corrected chi connectivity index (χ3v) is 0. The van der Waals surface area contributed by atoms with Gasteiger partial charge in [0.2, 0.25) is 0 Å². The Balaban J connectivity index is 0. The Bertz CT molecular complexity index is 6.85. The molecular formula is NdNiO3. The maximum absolute atomic E-state index is 0. The average Bonchev–Trinajstić information content (AvgIpc) is 0. The van der Waals surface area contributed by atoms with Gasteiger partial charge >= 0.3 is 57.3 Å². The number of hydrogen-bond donors (Lipinski definition) is 0. The molecule has 0 saturated heterocycles. The van der Waals surface area contributed by atoms with E-state index in [0.29, 0.717) is 0 Å². The average molecular weight is 251 g/mol. The Morgan fingerprint density at radius 2 is 0.600 bits per heavy atom. The SMILES string of the molecule is [Nd+3].[Ni+3].[O-2].[O-2].[O-2]. The van der Waals surface area contributed by atoms with Crippen LogP contribution in [0.4, 0.5) is 0 Å². The first-order valence-electron chi connectivity index (χ1n) is 0. The zero-order chi connectivity index (χ0) is 0. The van der Waals surface area contributed by atoms with Crippen LogP contribution in [-0.2, 0) is 32.9 Å². The van der Waals surface area contributed by atoms with Crippen molar-refractivity contribution in [3.05, 3.63) is 0 Å². The molecule has 0 aliphatic heterocycles. The normalized spacial score (nSPS) is 0. The summed E-state index contributed by atoms with van der Waals surface area (Å²) >= 11 is 0. The second-order valence-corrected chi connectivity index (χ2v) is 0. The Morgan fingerprint density at radius 1 is 0.600 bits per heavy atom. The van der Waals surface area contributed by atoms with E-state index in [4.69, 9.17) is 0 Å². The van der Waals surface area contributed by atoms with E-state index in [1.54, 1.807) is 0 Å². The van der Waals surface area contributed by atoms with Crippen molar-refractivity contribution < 1.29 is 73.8 Å². The maximum atomic E-state index is 0. The van der Waals surface area contributed by atoms with Gasteiger partial charge in [0, 0.05) is 0 Å². The molecule has 5 heteroatoms. The van der Waals surface area contributed by atoms with Crippen LogP contribution in [0.3, 0.4) is 0 Å². The molecular weight excluding hydrogens is 251 g/mol. The summed E-state index contributed by atoms with van der Waals surface area (Å²) in [4.78, 5) is 0. The molecule has 0 spiro atoms. The molecule has 32 valence electrons.